The number of carbonyl (C=O) groups is 1. The summed E-state index contributed by atoms with van der Waals surface area (Å²) in [5.74, 6) is 1.22. The standard InChI is InChI=1S/C18H21NO3/c1-12(13-4-8-15(21-2)9-5-13)18(20)17(19)14-6-10-16(22-3)11-7-14/h4-12,17H,19H2,1-3H3/t12-,17-/m1/s1. The molecule has 0 bridgehead atoms. The maximum Gasteiger partial charge on any atom is 0.161 e. The number of benzene rings is 2. The van der Waals surface area contributed by atoms with E-state index in [-0.39, 0.29) is 11.7 Å². The van der Waals surface area contributed by atoms with Crippen molar-refractivity contribution in [2.24, 2.45) is 5.73 Å². The van der Waals surface area contributed by atoms with Gasteiger partial charge in [-0.2, -0.15) is 0 Å². The average molecular weight is 299 g/mol. The molecule has 0 aromatic heterocycles. The van der Waals surface area contributed by atoms with Gasteiger partial charge in [0.2, 0.25) is 0 Å². The molecular formula is C18H21NO3. The molecule has 0 fully saturated rings. The number of rotatable bonds is 6. The summed E-state index contributed by atoms with van der Waals surface area (Å²) in [6, 6.07) is 14.1. The Morgan fingerprint density at radius 2 is 1.27 bits per heavy atom. The van der Waals surface area contributed by atoms with Gasteiger partial charge in [0.25, 0.3) is 0 Å². The van der Waals surface area contributed by atoms with E-state index in [1.807, 2.05) is 43.3 Å². The Morgan fingerprint density at radius 3 is 1.68 bits per heavy atom. The summed E-state index contributed by atoms with van der Waals surface area (Å²) in [5.41, 5.74) is 7.82. The Balaban J connectivity index is 2.13. The van der Waals surface area contributed by atoms with E-state index in [4.69, 9.17) is 15.2 Å². The second-order valence-corrected chi connectivity index (χ2v) is 5.15. The second kappa shape index (κ2) is 7.09. The van der Waals surface area contributed by atoms with Crippen LogP contribution in [0.1, 0.15) is 30.0 Å². The molecule has 0 amide bonds. The van der Waals surface area contributed by atoms with E-state index in [0.717, 1.165) is 22.6 Å². The molecule has 0 unspecified atom stereocenters. The Morgan fingerprint density at radius 1 is 0.864 bits per heavy atom. The van der Waals surface area contributed by atoms with Gasteiger partial charge in [-0.25, -0.2) is 0 Å². The van der Waals surface area contributed by atoms with Crippen LogP contribution in [0.2, 0.25) is 0 Å². The molecule has 2 rings (SSSR count). The van der Waals surface area contributed by atoms with E-state index < -0.39 is 6.04 Å². The van der Waals surface area contributed by atoms with Crippen molar-refractivity contribution in [2.75, 3.05) is 14.2 Å². The third-order valence-electron chi connectivity index (χ3n) is 3.82. The van der Waals surface area contributed by atoms with Gasteiger partial charge < -0.3 is 15.2 Å². The molecule has 0 spiro atoms. The highest BCUT2D eigenvalue weighted by molar-refractivity contribution is 5.90. The molecule has 0 aliphatic heterocycles. The van der Waals surface area contributed by atoms with Gasteiger partial charge in [0.05, 0.1) is 20.3 Å². The maximum atomic E-state index is 12.6. The smallest absolute Gasteiger partial charge is 0.161 e. The minimum atomic E-state index is -0.650. The fourth-order valence-electron chi connectivity index (χ4n) is 2.30. The number of Topliss-reactive ketones (excluding diaryl/α,β-unsaturated/α-hetero) is 1. The summed E-state index contributed by atoms with van der Waals surface area (Å²) in [7, 11) is 3.22. The highest BCUT2D eigenvalue weighted by atomic mass is 16.5. The van der Waals surface area contributed by atoms with Crippen LogP contribution in [0, 0.1) is 0 Å². The molecule has 2 atom stereocenters. The summed E-state index contributed by atoms with van der Waals surface area (Å²) in [5, 5.41) is 0. The summed E-state index contributed by atoms with van der Waals surface area (Å²) in [6.07, 6.45) is 0. The molecule has 0 saturated carbocycles. The molecule has 2 aromatic carbocycles. The van der Waals surface area contributed by atoms with Crippen LogP contribution < -0.4 is 15.2 Å². The van der Waals surface area contributed by atoms with Crippen LogP contribution in [0.5, 0.6) is 11.5 Å². The first-order valence-corrected chi connectivity index (χ1v) is 7.14. The SMILES string of the molecule is COc1ccc([C@@H](C)C(=O)[C@H](N)c2ccc(OC)cc2)cc1. The van der Waals surface area contributed by atoms with Gasteiger partial charge in [0.15, 0.2) is 5.78 Å². The van der Waals surface area contributed by atoms with Crippen molar-refractivity contribution in [3.8, 4) is 11.5 Å². The molecule has 0 saturated heterocycles. The van der Waals surface area contributed by atoms with Crippen LogP contribution in [0.4, 0.5) is 0 Å². The molecule has 0 aliphatic rings. The lowest BCUT2D eigenvalue weighted by atomic mass is 9.90. The lowest BCUT2D eigenvalue weighted by molar-refractivity contribution is -0.121. The summed E-state index contributed by atoms with van der Waals surface area (Å²) < 4.78 is 10.2. The van der Waals surface area contributed by atoms with Crippen molar-refractivity contribution in [1.29, 1.82) is 0 Å². The van der Waals surface area contributed by atoms with Gasteiger partial charge >= 0.3 is 0 Å². The minimum absolute atomic E-state index is 0.0182. The fraction of sp³-hybridized carbons (Fsp3) is 0.278. The molecule has 22 heavy (non-hydrogen) atoms. The highest BCUT2D eigenvalue weighted by Crippen LogP contribution is 2.25. The maximum absolute atomic E-state index is 12.6. The molecular weight excluding hydrogens is 278 g/mol. The van der Waals surface area contributed by atoms with Gasteiger partial charge in [-0.3, -0.25) is 4.79 Å². The number of hydrogen-bond donors (Lipinski definition) is 1. The van der Waals surface area contributed by atoms with Gasteiger partial charge in [-0.1, -0.05) is 31.2 Å². The highest BCUT2D eigenvalue weighted by Gasteiger charge is 2.23. The molecule has 0 heterocycles. The van der Waals surface area contributed by atoms with Gasteiger partial charge in [-0.05, 0) is 35.4 Å². The van der Waals surface area contributed by atoms with E-state index in [0.29, 0.717) is 0 Å². The number of nitrogens with two attached hydrogens (primary N) is 1. The van der Waals surface area contributed by atoms with Crippen LogP contribution in [0.3, 0.4) is 0 Å². The molecule has 0 radical (unpaired) electrons. The van der Waals surface area contributed by atoms with Crippen molar-refractivity contribution >= 4 is 5.78 Å². The molecule has 2 N–H and O–H groups in total. The predicted octanol–water partition coefficient (Wildman–Crippen LogP) is 3.08. The predicted molar refractivity (Wildman–Crippen MR) is 86.3 cm³/mol. The zero-order valence-corrected chi connectivity index (χ0v) is 13.1. The molecule has 4 nitrogen and oxygen atoms in total. The van der Waals surface area contributed by atoms with Gasteiger partial charge in [-0.15, -0.1) is 0 Å². The van der Waals surface area contributed by atoms with Crippen molar-refractivity contribution in [3.05, 3.63) is 59.7 Å². The molecule has 4 heteroatoms. The zero-order chi connectivity index (χ0) is 16.1. The minimum Gasteiger partial charge on any atom is -0.497 e. The topological polar surface area (TPSA) is 61.5 Å². The normalized spacial score (nSPS) is 13.3. The van der Waals surface area contributed by atoms with E-state index in [1.165, 1.54) is 0 Å². The van der Waals surface area contributed by atoms with Crippen LogP contribution in [0.25, 0.3) is 0 Å². The number of ketones is 1. The molecule has 2 aromatic rings. The number of methoxy groups -OCH3 is 2. The average Bonchev–Trinajstić information content (AvgIpc) is 2.60. The number of carbonyl (C=O) groups excluding carboxylic acids is 1. The summed E-state index contributed by atoms with van der Waals surface area (Å²) >= 11 is 0. The lowest BCUT2D eigenvalue weighted by Crippen LogP contribution is -2.25. The first-order valence-electron chi connectivity index (χ1n) is 7.14. The second-order valence-electron chi connectivity index (χ2n) is 5.15. The van der Waals surface area contributed by atoms with Gasteiger partial charge in [0.1, 0.15) is 11.5 Å². The third-order valence-corrected chi connectivity index (χ3v) is 3.82. The van der Waals surface area contributed by atoms with Crippen molar-refractivity contribution in [2.45, 2.75) is 18.9 Å². The quantitative estimate of drug-likeness (QED) is 0.890. The first-order chi connectivity index (χ1) is 10.6. The van der Waals surface area contributed by atoms with Gasteiger partial charge in [0, 0.05) is 5.92 Å². The van der Waals surface area contributed by atoms with Crippen molar-refractivity contribution in [3.63, 3.8) is 0 Å². The van der Waals surface area contributed by atoms with Crippen LogP contribution in [-0.4, -0.2) is 20.0 Å². The van der Waals surface area contributed by atoms with Crippen LogP contribution in [0.15, 0.2) is 48.5 Å². The fourth-order valence-corrected chi connectivity index (χ4v) is 2.30. The molecule has 116 valence electrons. The summed E-state index contributed by atoms with van der Waals surface area (Å²) in [6.45, 7) is 1.87. The lowest BCUT2D eigenvalue weighted by Gasteiger charge is -2.17. The zero-order valence-electron chi connectivity index (χ0n) is 13.1. The van der Waals surface area contributed by atoms with E-state index >= 15 is 0 Å². The Bertz CT molecular complexity index is 564. The Kier molecular flexibility index (Phi) is 5.17. The van der Waals surface area contributed by atoms with E-state index in [9.17, 15) is 4.79 Å². The van der Waals surface area contributed by atoms with Crippen LogP contribution >= 0.6 is 0 Å². The number of ether oxygens (including phenoxy) is 2. The van der Waals surface area contributed by atoms with Crippen molar-refractivity contribution in [1.82, 2.24) is 0 Å². The Labute approximate surface area is 130 Å². The van der Waals surface area contributed by atoms with E-state index in [2.05, 4.69) is 0 Å². The first kappa shape index (κ1) is 16.0. The monoisotopic (exact) mass is 299 g/mol. The Hall–Kier alpha value is -2.33. The van der Waals surface area contributed by atoms with Crippen molar-refractivity contribution < 1.29 is 14.3 Å². The van der Waals surface area contributed by atoms with E-state index in [1.54, 1.807) is 26.4 Å². The third kappa shape index (κ3) is 3.46. The molecule has 0 aliphatic carbocycles. The number of hydrogen-bond acceptors (Lipinski definition) is 4. The van der Waals surface area contributed by atoms with Crippen LogP contribution in [-0.2, 0) is 4.79 Å². The summed E-state index contributed by atoms with van der Waals surface area (Å²) in [4.78, 5) is 12.6. The largest absolute Gasteiger partial charge is 0.497 e.